The van der Waals surface area contributed by atoms with Crippen LogP contribution in [-0.4, -0.2) is 26.7 Å². The Hall–Kier alpha value is -1.27. The third-order valence-corrected chi connectivity index (χ3v) is 2.73. The number of rotatable bonds is 5. The number of aromatic amines is 1. The molecule has 2 aromatic rings. The summed E-state index contributed by atoms with van der Waals surface area (Å²) in [5.74, 6) is 1.73. The molecule has 0 aliphatic carbocycles. The molecule has 0 saturated heterocycles. The molecule has 0 radical (unpaired) electrons. The van der Waals surface area contributed by atoms with E-state index in [1.807, 2.05) is 18.6 Å². The van der Waals surface area contributed by atoms with Gasteiger partial charge >= 0.3 is 0 Å². The summed E-state index contributed by atoms with van der Waals surface area (Å²) in [4.78, 5) is 9.49. The molecule has 0 saturated carbocycles. The number of hydrogen-bond acceptors (Lipinski definition) is 5. The van der Waals surface area contributed by atoms with Gasteiger partial charge in [0.05, 0.1) is 5.51 Å². The summed E-state index contributed by atoms with van der Waals surface area (Å²) in [7, 11) is 0. The molecule has 0 aromatic carbocycles. The first kappa shape index (κ1) is 10.3. The van der Waals surface area contributed by atoms with Gasteiger partial charge in [-0.3, -0.25) is 10.1 Å². The number of thiazole rings is 1. The minimum atomic E-state index is 0.850. The number of nitrogens with one attached hydrogen (secondary N) is 2. The molecule has 2 aromatic heterocycles. The summed E-state index contributed by atoms with van der Waals surface area (Å²) in [6, 6.07) is 0. The fraction of sp³-hybridized carbons (Fsp3) is 0.444. The molecule has 0 bridgehead atoms. The summed E-state index contributed by atoms with van der Waals surface area (Å²) in [5.41, 5.74) is 1.84. The lowest BCUT2D eigenvalue weighted by Gasteiger charge is -1.99. The molecule has 5 nitrogen and oxygen atoms in total. The fourth-order valence-corrected chi connectivity index (χ4v) is 1.81. The van der Waals surface area contributed by atoms with Gasteiger partial charge in [0.15, 0.2) is 5.82 Å². The van der Waals surface area contributed by atoms with Gasteiger partial charge in [-0.2, -0.15) is 5.10 Å². The van der Waals surface area contributed by atoms with E-state index in [-0.39, 0.29) is 0 Å². The summed E-state index contributed by atoms with van der Waals surface area (Å²) in [6.45, 7) is 3.66. The predicted octanol–water partition coefficient (Wildman–Crippen LogP) is 0.902. The first-order valence-corrected chi connectivity index (χ1v) is 5.68. The van der Waals surface area contributed by atoms with Gasteiger partial charge in [-0.25, -0.2) is 4.98 Å². The highest BCUT2D eigenvalue weighted by atomic mass is 32.1. The van der Waals surface area contributed by atoms with Crippen LogP contribution in [0.5, 0.6) is 0 Å². The van der Waals surface area contributed by atoms with Crippen LogP contribution in [0.3, 0.4) is 0 Å². The van der Waals surface area contributed by atoms with Gasteiger partial charge in [-0.15, -0.1) is 11.3 Å². The van der Waals surface area contributed by atoms with E-state index >= 15 is 0 Å². The Morgan fingerprint density at radius 1 is 1.53 bits per heavy atom. The van der Waals surface area contributed by atoms with Crippen molar-refractivity contribution in [1.82, 2.24) is 25.5 Å². The third-order valence-electron chi connectivity index (χ3n) is 1.95. The maximum atomic E-state index is 4.23. The van der Waals surface area contributed by atoms with E-state index < -0.39 is 0 Å². The van der Waals surface area contributed by atoms with Crippen molar-refractivity contribution in [2.45, 2.75) is 19.9 Å². The standard InChI is InChI=1S/C9H13N5S/c1-7-12-9(14-13-7)2-3-10-4-8-5-11-6-15-8/h5-6,10H,2-4H2,1H3,(H,12,13,14). The van der Waals surface area contributed by atoms with Crippen molar-refractivity contribution in [3.05, 3.63) is 28.2 Å². The van der Waals surface area contributed by atoms with Gasteiger partial charge in [0.25, 0.3) is 0 Å². The van der Waals surface area contributed by atoms with Gasteiger partial charge in [-0.05, 0) is 6.92 Å². The maximum absolute atomic E-state index is 4.23. The van der Waals surface area contributed by atoms with Gasteiger partial charge in [-0.1, -0.05) is 0 Å². The zero-order valence-electron chi connectivity index (χ0n) is 8.53. The summed E-state index contributed by atoms with van der Waals surface area (Å²) < 4.78 is 0. The Morgan fingerprint density at radius 2 is 2.47 bits per heavy atom. The number of aromatic nitrogens is 4. The third kappa shape index (κ3) is 3.10. The van der Waals surface area contributed by atoms with E-state index in [1.165, 1.54) is 4.88 Å². The van der Waals surface area contributed by atoms with Gasteiger partial charge in [0.1, 0.15) is 5.82 Å². The second kappa shape index (κ2) is 4.99. The van der Waals surface area contributed by atoms with Crippen LogP contribution in [0.25, 0.3) is 0 Å². The smallest absolute Gasteiger partial charge is 0.151 e. The van der Waals surface area contributed by atoms with Crippen molar-refractivity contribution in [3.63, 3.8) is 0 Å². The molecule has 2 N–H and O–H groups in total. The molecule has 0 fully saturated rings. The van der Waals surface area contributed by atoms with E-state index in [1.54, 1.807) is 11.3 Å². The molecular weight excluding hydrogens is 210 g/mol. The fourth-order valence-electron chi connectivity index (χ4n) is 1.24. The van der Waals surface area contributed by atoms with Crippen LogP contribution in [0.15, 0.2) is 11.7 Å². The van der Waals surface area contributed by atoms with Crippen LogP contribution in [-0.2, 0) is 13.0 Å². The van der Waals surface area contributed by atoms with Crippen molar-refractivity contribution in [2.24, 2.45) is 0 Å². The Balaban J connectivity index is 1.67. The predicted molar refractivity (Wildman–Crippen MR) is 58.6 cm³/mol. The van der Waals surface area contributed by atoms with Crippen molar-refractivity contribution in [1.29, 1.82) is 0 Å². The largest absolute Gasteiger partial charge is 0.311 e. The molecular formula is C9H13N5S. The number of aryl methyl sites for hydroxylation is 1. The maximum Gasteiger partial charge on any atom is 0.151 e. The van der Waals surface area contributed by atoms with Gasteiger partial charge < -0.3 is 5.32 Å². The number of hydrogen-bond donors (Lipinski definition) is 2. The lowest BCUT2D eigenvalue weighted by Crippen LogP contribution is -2.16. The van der Waals surface area contributed by atoms with E-state index in [0.29, 0.717) is 0 Å². The van der Waals surface area contributed by atoms with E-state index in [4.69, 9.17) is 0 Å². The lowest BCUT2D eigenvalue weighted by atomic mass is 10.4. The zero-order chi connectivity index (χ0) is 10.5. The van der Waals surface area contributed by atoms with E-state index in [0.717, 1.165) is 31.2 Å². The molecule has 80 valence electrons. The number of nitrogens with zero attached hydrogens (tertiary/aromatic N) is 3. The molecule has 0 amide bonds. The summed E-state index contributed by atoms with van der Waals surface area (Å²) in [6.07, 6.45) is 2.73. The quantitative estimate of drug-likeness (QED) is 0.739. The zero-order valence-corrected chi connectivity index (χ0v) is 9.34. The van der Waals surface area contributed by atoms with Crippen molar-refractivity contribution >= 4 is 11.3 Å². The number of H-pyrrole nitrogens is 1. The molecule has 0 aliphatic heterocycles. The van der Waals surface area contributed by atoms with E-state index in [9.17, 15) is 0 Å². The Labute approximate surface area is 92.0 Å². The highest BCUT2D eigenvalue weighted by molar-refractivity contribution is 7.09. The van der Waals surface area contributed by atoms with Crippen molar-refractivity contribution in [2.75, 3.05) is 6.54 Å². The molecule has 15 heavy (non-hydrogen) atoms. The Bertz CT molecular complexity index is 394. The second-order valence-electron chi connectivity index (χ2n) is 3.23. The molecule has 2 heterocycles. The average Bonchev–Trinajstić information content (AvgIpc) is 2.84. The van der Waals surface area contributed by atoms with Crippen LogP contribution >= 0.6 is 11.3 Å². The first-order chi connectivity index (χ1) is 7.34. The molecule has 6 heteroatoms. The van der Waals surface area contributed by atoms with Crippen LogP contribution in [0.1, 0.15) is 16.5 Å². The average molecular weight is 223 g/mol. The normalized spacial score (nSPS) is 10.7. The van der Waals surface area contributed by atoms with Crippen LogP contribution in [0.2, 0.25) is 0 Å². The van der Waals surface area contributed by atoms with Crippen LogP contribution in [0, 0.1) is 6.92 Å². The Morgan fingerprint density at radius 3 is 3.13 bits per heavy atom. The van der Waals surface area contributed by atoms with Crippen LogP contribution < -0.4 is 5.32 Å². The highest BCUT2D eigenvalue weighted by Crippen LogP contribution is 2.03. The molecule has 2 rings (SSSR count). The SMILES string of the molecule is Cc1nc(CCNCc2cncs2)n[nH]1. The summed E-state index contributed by atoms with van der Waals surface area (Å²) in [5, 5.41) is 10.2. The monoisotopic (exact) mass is 223 g/mol. The van der Waals surface area contributed by atoms with Crippen LogP contribution in [0.4, 0.5) is 0 Å². The summed E-state index contributed by atoms with van der Waals surface area (Å²) >= 11 is 1.66. The van der Waals surface area contributed by atoms with E-state index in [2.05, 4.69) is 25.5 Å². The Kier molecular flexibility index (Phi) is 3.41. The highest BCUT2D eigenvalue weighted by Gasteiger charge is 1.99. The second-order valence-corrected chi connectivity index (χ2v) is 4.20. The van der Waals surface area contributed by atoms with Gasteiger partial charge in [0.2, 0.25) is 0 Å². The van der Waals surface area contributed by atoms with Crippen molar-refractivity contribution in [3.8, 4) is 0 Å². The molecule has 0 atom stereocenters. The topological polar surface area (TPSA) is 66.5 Å². The minimum absolute atomic E-state index is 0.850. The molecule has 0 unspecified atom stereocenters. The molecule has 0 aliphatic rings. The molecule has 0 spiro atoms. The lowest BCUT2D eigenvalue weighted by molar-refractivity contribution is 0.676. The minimum Gasteiger partial charge on any atom is -0.311 e. The van der Waals surface area contributed by atoms with Crippen molar-refractivity contribution < 1.29 is 0 Å². The first-order valence-electron chi connectivity index (χ1n) is 4.80. The van der Waals surface area contributed by atoms with Gasteiger partial charge in [0, 0.05) is 30.6 Å².